The maximum atomic E-state index is 5.83. The minimum atomic E-state index is 0.156. The Balaban J connectivity index is 2.30. The summed E-state index contributed by atoms with van der Waals surface area (Å²) in [5, 5.41) is 0. The highest BCUT2D eigenvalue weighted by atomic mass is 16.5. The average Bonchev–Trinajstić information content (AvgIpc) is 2.39. The highest BCUT2D eigenvalue weighted by Gasteiger charge is 2.03. The van der Waals surface area contributed by atoms with Gasteiger partial charge < -0.3 is 4.74 Å². The molecule has 0 spiro atoms. The molecule has 1 aromatic carbocycles. The minimum Gasteiger partial charge on any atom is -0.370 e. The largest absolute Gasteiger partial charge is 0.370 e. The van der Waals surface area contributed by atoms with Gasteiger partial charge in [0.05, 0.1) is 12.7 Å². The molecule has 1 heteroatoms. The Morgan fingerprint density at radius 3 is 2.42 bits per heavy atom. The minimum absolute atomic E-state index is 0.156. The number of benzene rings is 1. The van der Waals surface area contributed by atoms with Gasteiger partial charge in [-0.2, -0.15) is 0 Å². The molecule has 1 nitrogen and oxygen atoms in total. The van der Waals surface area contributed by atoms with Gasteiger partial charge in [-0.1, -0.05) is 53.6 Å². The first-order valence-corrected chi connectivity index (χ1v) is 7.05. The second-order valence-corrected chi connectivity index (χ2v) is 5.26. The summed E-state index contributed by atoms with van der Waals surface area (Å²) in [5.41, 5.74) is 4.03. The van der Waals surface area contributed by atoms with Crippen molar-refractivity contribution in [3.8, 4) is 0 Å². The topological polar surface area (TPSA) is 9.23 Å². The van der Waals surface area contributed by atoms with Gasteiger partial charge in [0.2, 0.25) is 0 Å². The second kappa shape index (κ2) is 8.71. The average molecular weight is 258 g/mol. The molecule has 0 amide bonds. The summed E-state index contributed by atoms with van der Waals surface area (Å²) in [7, 11) is 0. The van der Waals surface area contributed by atoms with Crippen LogP contribution < -0.4 is 0 Å². The molecule has 0 aromatic heterocycles. The van der Waals surface area contributed by atoms with Crippen molar-refractivity contribution < 1.29 is 4.74 Å². The van der Waals surface area contributed by atoms with Crippen LogP contribution >= 0.6 is 0 Å². The van der Waals surface area contributed by atoms with Crippen LogP contribution in [0.2, 0.25) is 0 Å². The Kier molecular flexibility index (Phi) is 7.20. The molecular formula is C18H26O. The molecule has 104 valence electrons. The van der Waals surface area contributed by atoms with E-state index in [-0.39, 0.29) is 6.10 Å². The van der Waals surface area contributed by atoms with Crippen LogP contribution in [0.4, 0.5) is 0 Å². The van der Waals surface area contributed by atoms with Crippen LogP contribution in [0.3, 0.4) is 0 Å². The van der Waals surface area contributed by atoms with Gasteiger partial charge in [-0.05, 0) is 46.1 Å². The Morgan fingerprint density at radius 2 is 1.79 bits per heavy atom. The Hall–Kier alpha value is -1.34. The lowest BCUT2D eigenvalue weighted by Crippen LogP contribution is -2.00. The summed E-state index contributed by atoms with van der Waals surface area (Å²) in [6, 6.07) is 10.3. The van der Waals surface area contributed by atoms with Gasteiger partial charge in [0.15, 0.2) is 0 Å². The summed E-state index contributed by atoms with van der Waals surface area (Å²) < 4.78 is 5.83. The maximum absolute atomic E-state index is 5.83. The van der Waals surface area contributed by atoms with Crippen molar-refractivity contribution in [2.24, 2.45) is 0 Å². The van der Waals surface area contributed by atoms with E-state index < -0.39 is 0 Å². The van der Waals surface area contributed by atoms with Crippen LogP contribution in [0, 0.1) is 0 Å². The first-order chi connectivity index (χ1) is 9.09. The third-order valence-electron chi connectivity index (χ3n) is 3.14. The maximum Gasteiger partial charge on any atom is 0.0801 e. The molecule has 1 aromatic rings. The van der Waals surface area contributed by atoms with Crippen LogP contribution in [0.15, 0.2) is 53.6 Å². The predicted octanol–water partition coefficient (Wildman–Crippen LogP) is 5.46. The number of rotatable bonds is 7. The fraction of sp³-hybridized carbons (Fsp3) is 0.444. The van der Waals surface area contributed by atoms with Gasteiger partial charge in [0.25, 0.3) is 0 Å². The van der Waals surface area contributed by atoms with Crippen molar-refractivity contribution in [2.75, 3.05) is 6.61 Å². The third-order valence-corrected chi connectivity index (χ3v) is 3.14. The van der Waals surface area contributed by atoms with Crippen molar-refractivity contribution in [3.63, 3.8) is 0 Å². The smallest absolute Gasteiger partial charge is 0.0801 e. The van der Waals surface area contributed by atoms with Crippen molar-refractivity contribution >= 4 is 0 Å². The van der Waals surface area contributed by atoms with Crippen LogP contribution in [-0.4, -0.2) is 6.61 Å². The number of hydrogen-bond acceptors (Lipinski definition) is 1. The first-order valence-electron chi connectivity index (χ1n) is 7.05. The SMILES string of the molecule is CC(C)=CCC/C(C)=C/COC(C)c1ccccc1. The van der Waals surface area contributed by atoms with Crippen molar-refractivity contribution in [3.05, 3.63) is 59.2 Å². The molecule has 0 saturated heterocycles. The molecule has 1 rings (SSSR count). The Bertz CT molecular complexity index is 411. The Morgan fingerprint density at radius 1 is 1.11 bits per heavy atom. The van der Waals surface area contributed by atoms with Crippen LogP contribution in [0.1, 0.15) is 52.2 Å². The quantitative estimate of drug-likeness (QED) is 0.590. The molecule has 0 aliphatic heterocycles. The van der Waals surface area contributed by atoms with Gasteiger partial charge in [-0.3, -0.25) is 0 Å². The fourth-order valence-corrected chi connectivity index (χ4v) is 1.85. The molecule has 1 unspecified atom stereocenters. The summed E-state index contributed by atoms with van der Waals surface area (Å²) in [6.07, 6.45) is 6.87. The van der Waals surface area contributed by atoms with E-state index >= 15 is 0 Å². The molecule has 0 heterocycles. The summed E-state index contributed by atoms with van der Waals surface area (Å²) in [6.45, 7) is 9.25. The van der Waals surface area contributed by atoms with E-state index in [1.54, 1.807) is 0 Å². The van der Waals surface area contributed by atoms with E-state index in [1.165, 1.54) is 16.7 Å². The van der Waals surface area contributed by atoms with Gasteiger partial charge in [-0.15, -0.1) is 0 Å². The van der Waals surface area contributed by atoms with Crippen molar-refractivity contribution in [2.45, 2.75) is 46.6 Å². The van der Waals surface area contributed by atoms with Crippen molar-refractivity contribution in [1.29, 1.82) is 0 Å². The van der Waals surface area contributed by atoms with Crippen LogP contribution in [0.5, 0.6) is 0 Å². The number of hydrogen-bond donors (Lipinski definition) is 0. The standard InChI is InChI=1S/C18H26O/c1-15(2)9-8-10-16(3)13-14-19-17(4)18-11-6-5-7-12-18/h5-7,9,11-13,17H,8,10,14H2,1-4H3/b16-13+. The lowest BCUT2D eigenvalue weighted by atomic mass is 10.1. The molecule has 1 atom stereocenters. The monoisotopic (exact) mass is 258 g/mol. The molecule has 19 heavy (non-hydrogen) atoms. The molecule has 0 saturated carbocycles. The van der Waals surface area contributed by atoms with E-state index in [0.29, 0.717) is 6.61 Å². The van der Waals surface area contributed by atoms with E-state index in [4.69, 9.17) is 4.74 Å². The summed E-state index contributed by atoms with van der Waals surface area (Å²) in [5.74, 6) is 0. The zero-order valence-corrected chi connectivity index (χ0v) is 12.6. The van der Waals surface area contributed by atoms with Gasteiger partial charge in [-0.25, -0.2) is 0 Å². The molecule has 0 bridgehead atoms. The van der Waals surface area contributed by atoms with Gasteiger partial charge in [0, 0.05) is 0 Å². The highest BCUT2D eigenvalue weighted by Crippen LogP contribution is 2.16. The van der Waals surface area contributed by atoms with E-state index in [1.807, 2.05) is 6.07 Å². The van der Waals surface area contributed by atoms with Gasteiger partial charge >= 0.3 is 0 Å². The molecule has 0 aliphatic carbocycles. The van der Waals surface area contributed by atoms with Crippen molar-refractivity contribution in [1.82, 2.24) is 0 Å². The number of ether oxygens (including phenoxy) is 1. The molecule has 0 aliphatic rings. The zero-order valence-electron chi connectivity index (χ0n) is 12.6. The fourth-order valence-electron chi connectivity index (χ4n) is 1.85. The zero-order chi connectivity index (χ0) is 14.1. The first kappa shape index (κ1) is 15.7. The molecule has 0 N–H and O–H groups in total. The van der Waals surface area contributed by atoms with E-state index in [9.17, 15) is 0 Å². The van der Waals surface area contributed by atoms with Crippen LogP contribution in [-0.2, 0) is 4.74 Å². The summed E-state index contributed by atoms with van der Waals surface area (Å²) >= 11 is 0. The normalized spacial score (nSPS) is 13.2. The molecule has 0 radical (unpaired) electrons. The third kappa shape index (κ3) is 6.97. The Labute approximate surface area is 118 Å². The number of allylic oxidation sites excluding steroid dienone is 3. The molecule has 0 fully saturated rings. The summed E-state index contributed by atoms with van der Waals surface area (Å²) in [4.78, 5) is 0. The van der Waals surface area contributed by atoms with Crippen LogP contribution in [0.25, 0.3) is 0 Å². The molecular weight excluding hydrogens is 232 g/mol. The lowest BCUT2D eigenvalue weighted by Gasteiger charge is -2.12. The van der Waals surface area contributed by atoms with E-state index in [0.717, 1.165) is 12.8 Å². The van der Waals surface area contributed by atoms with E-state index in [2.05, 4.69) is 64.1 Å². The lowest BCUT2D eigenvalue weighted by molar-refractivity contribution is 0.0882. The second-order valence-electron chi connectivity index (χ2n) is 5.26. The predicted molar refractivity (Wildman–Crippen MR) is 83.2 cm³/mol. The highest BCUT2D eigenvalue weighted by molar-refractivity contribution is 5.16. The van der Waals surface area contributed by atoms with Gasteiger partial charge in [0.1, 0.15) is 0 Å².